The second kappa shape index (κ2) is 6.13. The van der Waals surface area contributed by atoms with Gasteiger partial charge in [0.1, 0.15) is 5.82 Å². The number of sulfonamides is 1. The third kappa shape index (κ3) is 4.75. The molecule has 6 heteroatoms. The maximum atomic E-state index is 13.4. The van der Waals surface area contributed by atoms with Crippen molar-refractivity contribution in [3.05, 3.63) is 59.4 Å². The van der Waals surface area contributed by atoms with Crippen molar-refractivity contribution >= 4 is 21.4 Å². The number of benzene rings is 2. The highest BCUT2D eigenvalue weighted by Crippen LogP contribution is 2.16. The van der Waals surface area contributed by atoms with E-state index in [2.05, 4.69) is 10.0 Å². The Bertz CT molecular complexity index is 728. The van der Waals surface area contributed by atoms with Crippen LogP contribution in [-0.4, -0.2) is 14.7 Å². The number of hydrogen-bond acceptors (Lipinski definition) is 3. The molecule has 0 saturated carbocycles. The number of rotatable bonds is 5. The molecule has 2 aromatic carbocycles. The molecule has 112 valence electrons. The standard InChI is InChI=1S/C15H17FN2O2S/c1-11-3-4-12(9-15(11)16)10-17-13-5-7-14(8-6-13)18-21(2,19)20/h3-9,17-18H,10H2,1-2H3. The minimum atomic E-state index is -3.27. The van der Waals surface area contributed by atoms with Gasteiger partial charge in [-0.15, -0.1) is 0 Å². The summed E-state index contributed by atoms with van der Waals surface area (Å²) in [4.78, 5) is 0. The largest absolute Gasteiger partial charge is 0.381 e. The van der Waals surface area contributed by atoms with Crippen LogP contribution < -0.4 is 10.0 Å². The summed E-state index contributed by atoms with van der Waals surface area (Å²) in [5.41, 5.74) is 2.80. The van der Waals surface area contributed by atoms with Crippen LogP contribution in [0.15, 0.2) is 42.5 Å². The van der Waals surface area contributed by atoms with Crippen LogP contribution in [0.25, 0.3) is 0 Å². The van der Waals surface area contributed by atoms with Crippen LogP contribution in [0, 0.1) is 12.7 Å². The highest BCUT2D eigenvalue weighted by atomic mass is 32.2. The van der Waals surface area contributed by atoms with Crippen molar-refractivity contribution < 1.29 is 12.8 Å². The molecule has 0 aliphatic rings. The van der Waals surface area contributed by atoms with Gasteiger partial charge in [-0.2, -0.15) is 0 Å². The molecule has 2 aromatic rings. The van der Waals surface area contributed by atoms with Crippen molar-refractivity contribution in [3.63, 3.8) is 0 Å². The molecule has 0 spiro atoms. The molecule has 0 unspecified atom stereocenters. The number of halogens is 1. The van der Waals surface area contributed by atoms with E-state index in [0.717, 1.165) is 17.5 Å². The van der Waals surface area contributed by atoms with Crippen molar-refractivity contribution in [1.29, 1.82) is 0 Å². The van der Waals surface area contributed by atoms with Crippen molar-refractivity contribution in [2.45, 2.75) is 13.5 Å². The monoisotopic (exact) mass is 308 g/mol. The topological polar surface area (TPSA) is 58.2 Å². The average Bonchev–Trinajstić information content (AvgIpc) is 2.40. The van der Waals surface area contributed by atoms with Crippen LogP contribution in [0.5, 0.6) is 0 Å². The Kier molecular flexibility index (Phi) is 4.47. The highest BCUT2D eigenvalue weighted by Gasteiger charge is 2.02. The summed E-state index contributed by atoms with van der Waals surface area (Å²) in [6.45, 7) is 2.22. The molecular weight excluding hydrogens is 291 g/mol. The lowest BCUT2D eigenvalue weighted by Gasteiger charge is -2.09. The third-order valence-corrected chi connectivity index (χ3v) is 3.53. The molecule has 4 nitrogen and oxygen atoms in total. The fourth-order valence-corrected chi connectivity index (χ4v) is 2.38. The highest BCUT2D eigenvalue weighted by molar-refractivity contribution is 7.92. The van der Waals surface area contributed by atoms with E-state index in [1.54, 1.807) is 37.3 Å². The van der Waals surface area contributed by atoms with Gasteiger partial charge in [-0.25, -0.2) is 12.8 Å². The molecule has 0 aromatic heterocycles. The minimum absolute atomic E-state index is 0.220. The van der Waals surface area contributed by atoms with Gasteiger partial charge in [-0.1, -0.05) is 12.1 Å². The predicted octanol–water partition coefficient (Wildman–Crippen LogP) is 3.12. The lowest BCUT2D eigenvalue weighted by molar-refractivity contribution is 0.607. The van der Waals surface area contributed by atoms with Crippen LogP contribution in [0.1, 0.15) is 11.1 Å². The molecule has 0 heterocycles. The maximum Gasteiger partial charge on any atom is 0.229 e. The van der Waals surface area contributed by atoms with Gasteiger partial charge >= 0.3 is 0 Å². The number of anilines is 2. The first-order valence-electron chi connectivity index (χ1n) is 6.40. The quantitative estimate of drug-likeness (QED) is 0.892. The second-order valence-electron chi connectivity index (χ2n) is 4.89. The first-order valence-corrected chi connectivity index (χ1v) is 8.29. The number of nitrogens with one attached hydrogen (secondary N) is 2. The van der Waals surface area contributed by atoms with E-state index in [-0.39, 0.29) is 5.82 Å². The second-order valence-corrected chi connectivity index (χ2v) is 6.64. The normalized spacial score (nSPS) is 11.2. The van der Waals surface area contributed by atoms with Crippen molar-refractivity contribution in [1.82, 2.24) is 0 Å². The Morgan fingerprint density at radius 1 is 1.05 bits per heavy atom. The Morgan fingerprint density at radius 3 is 2.24 bits per heavy atom. The van der Waals surface area contributed by atoms with E-state index in [9.17, 15) is 12.8 Å². The zero-order valence-corrected chi connectivity index (χ0v) is 12.7. The molecule has 0 atom stereocenters. The van der Waals surface area contributed by atoms with E-state index in [1.807, 2.05) is 6.07 Å². The van der Waals surface area contributed by atoms with Gasteiger partial charge in [0.25, 0.3) is 0 Å². The number of aryl methyl sites for hydroxylation is 1. The van der Waals surface area contributed by atoms with E-state index in [0.29, 0.717) is 17.8 Å². The fourth-order valence-electron chi connectivity index (χ4n) is 1.82. The molecule has 2 N–H and O–H groups in total. The van der Waals surface area contributed by atoms with Crippen LogP contribution in [-0.2, 0) is 16.6 Å². The average molecular weight is 308 g/mol. The van der Waals surface area contributed by atoms with Crippen LogP contribution >= 0.6 is 0 Å². The van der Waals surface area contributed by atoms with Crippen molar-refractivity contribution in [2.75, 3.05) is 16.3 Å². The zero-order valence-electron chi connectivity index (χ0n) is 11.9. The van der Waals surface area contributed by atoms with Crippen LogP contribution in [0.4, 0.5) is 15.8 Å². The van der Waals surface area contributed by atoms with Crippen LogP contribution in [0.2, 0.25) is 0 Å². The van der Waals surface area contributed by atoms with Crippen molar-refractivity contribution in [3.8, 4) is 0 Å². The fraction of sp³-hybridized carbons (Fsp3) is 0.200. The molecule has 21 heavy (non-hydrogen) atoms. The molecule has 0 fully saturated rings. The smallest absolute Gasteiger partial charge is 0.229 e. The van der Waals surface area contributed by atoms with Gasteiger partial charge in [0.2, 0.25) is 10.0 Å². The summed E-state index contributed by atoms with van der Waals surface area (Å²) < 4.78 is 38.0. The summed E-state index contributed by atoms with van der Waals surface area (Å²) in [5.74, 6) is -0.220. The van der Waals surface area contributed by atoms with E-state index in [1.165, 1.54) is 6.07 Å². The Hall–Kier alpha value is -2.08. The van der Waals surface area contributed by atoms with Gasteiger partial charge < -0.3 is 5.32 Å². The maximum absolute atomic E-state index is 13.4. The Morgan fingerprint density at radius 2 is 1.67 bits per heavy atom. The summed E-state index contributed by atoms with van der Waals surface area (Å²) in [6.07, 6.45) is 1.10. The molecule has 2 rings (SSSR count). The molecule has 0 saturated heterocycles. The van der Waals surface area contributed by atoms with Gasteiger partial charge in [0.05, 0.1) is 6.26 Å². The van der Waals surface area contributed by atoms with Gasteiger partial charge in [-0.05, 0) is 48.4 Å². The molecular formula is C15H17FN2O2S. The Balaban J connectivity index is 1.99. The van der Waals surface area contributed by atoms with E-state index < -0.39 is 10.0 Å². The predicted molar refractivity (Wildman–Crippen MR) is 83.4 cm³/mol. The number of hydrogen-bond donors (Lipinski definition) is 2. The molecule has 0 aliphatic carbocycles. The SMILES string of the molecule is Cc1ccc(CNc2ccc(NS(C)(=O)=O)cc2)cc1F. The van der Waals surface area contributed by atoms with Gasteiger partial charge in [0, 0.05) is 17.9 Å². The summed E-state index contributed by atoms with van der Waals surface area (Å²) in [5, 5.41) is 3.15. The van der Waals surface area contributed by atoms with Gasteiger partial charge in [0.15, 0.2) is 0 Å². The minimum Gasteiger partial charge on any atom is -0.381 e. The zero-order chi connectivity index (χ0) is 15.5. The summed E-state index contributed by atoms with van der Waals surface area (Å²) in [7, 11) is -3.27. The van der Waals surface area contributed by atoms with Gasteiger partial charge in [-0.3, -0.25) is 4.72 Å². The lowest BCUT2D eigenvalue weighted by atomic mass is 10.1. The summed E-state index contributed by atoms with van der Waals surface area (Å²) >= 11 is 0. The van der Waals surface area contributed by atoms with Crippen LogP contribution in [0.3, 0.4) is 0 Å². The van der Waals surface area contributed by atoms with E-state index >= 15 is 0 Å². The molecule has 0 aliphatic heterocycles. The summed E-state index contributed by atoms with van der Waals surface area (Å²) in [6, 6.07) is 12.0. The molecule has 0 amide bonds. The third-order valence-electron chi connectivity index (χ3n) is 2.92. The van der Waals surface area contributed by atoms with E-state index in [4.69, 9.17) is 0 Å². The lowest BCUT2D eigenvalue weighted by Crippen LogP contribution is -2.09. The Labute approximate surface area is 124 Å². The first-order chi connectivity index (χ1) is 9.83. The molecule has 0 radical (unpaired) electrons. The first kappa shape index (κ1) is 15.3. The van der Waals surface area contributed by atoms with Crippen molar-refractivity contribution in [2.24, 2.45) is 0 Å². The molecule has 0 bridgehead atoms.